The molecule has 2 aromatic rings. The molecule has 1 unspecified atom stereocenters. The van der Waals surface area contributed by atoms with Crippen LogP contribution in [-0.2, 0) is 0 Å². The van der Waals surface area contributed by atoms with Crippen molar-refractivity contribution in [1.29, 1.82) is 0 Å². The molecule has 1 aromatic heterocycles. The molecule has 1 nitrogen and oxygen atoms in total. The summed E-state index contributed by atoms with van der Waals surface area (Å²) in [4.78, 5) is 2.83. The van der Waals surface area contributed by atoms with E-state index in [0.29, 0.717) is 6.04 Å². The molecular weight excluding hydrogens is 318 g/mol. The molecule has 100 valence electrons. The van der Waals surface area contributed by atoms with Gasteiger partial charge >= 0.3 is 0 Å². The molecule has 0 aliphatic heterocycles. The van der Waals surface area contributed by atoms with Crippen LogP contribution in [0.4, 0.5) is 0 Å². The molecule has 1 aromatic carbocycles. The van der Waals surface area contributed by atoms with Gasteiger partial charge in [-0.3, -0.25) is 0 Å². The zero-order valence-corrected chi connectivity index (χ0v) is 13.6. The number of rotatable bonds is 4. The van der Waals surface area contributed by atoms with E-state index in [1.165, 1.54) is 33.7 Å². The molecule has 0 radical (unpaired) electrons. The van der Waals surface area contributed by atoms with Crippen molar-refractivity contribution in [1.82, 2.24) is 5.32 Å². The van der Waals surface area contributed by atoms with Crippen molar-refractivity contribution in [3.05, 3.63) is 45.2 Å². The fourth-order valence-corrected chi connectivity index (χ4v) is 4.40. The van der Waals surface area contributed by atoms with Gasteiger partial charge in [0, 0.05) is 20.3 Å². The first kappa shape index (κ1) is 13.3. The van der Waals surface area contributed by atoms with Crippen molar-refractivity contribution in [3.63, 3.8) is 0 Å². The highest BCUT2D eigenvalue weighted by Gasteiger charge is 2.32. The Balaban J connectivity index is 1.91. The average Bonchev–Trinajstić information content (AvgIpc) is 3.06. The molecule has 1 atom stereocenters. The lowest BCUT2D eigenvalue weighted by atomic mass is 10.1. The van der Waals surface area contributed by atoms with Crippen LogP contribution in [0.1, 0.15) is 29.3 Å². The quantitative estimate of drug-likeness (QED) is 0.813. The SMILES string of the molecule is CNC(c1ccc(-c2cc(C)cc(Br)c2)s1)C1CC1. The van der Waals surface area contributed by atoms with Crippen LogP contribution in [0.5, 0.6) is 0 Å². The largest absolute Gasteiger partial charge is 0.312 e. The molecule has 3 rings (SSSR count). The summed E-state index contributed by atoms with van der Waals surface area (Å²) in [5.74, 6) is 0.848. The number of hydrogen-bond donors (Lipinski definition) is 1. The second kappa shape index (κ2) is 5.39. The molecule has 1 fully saturated rings. The topological polar surface area (TPSA) is 12.0 Å². The van der Waals surface area contributed by atoms with Crippen LogP contribution in [0.15, 0.2) is 34.8 Å². The van der Waals surface area contributed by atoms with E-state index in [4.69, 9.17) is 0 Å². The highest BCUT2D eigenvalue weighted by atomic mass is 79.9. The summed E-state index contributed by atoms with van der Waals surface area (Å²) in [6.07, 6.45) is 2.74. The van der Waals surface area contributed by atoms with Gasteiger partial charge in [0.15, 0.2) is 0 Å². The van der Waals surface area contributed by atoms with Crippen LogP contribution < -0.4 is 5.32 Å². The van der Waals surface area contributed by atoms with Crippen LogP contribution in [0.25, 0.3) is 10.4 Å². The van der Waals surface area contributed by atoms with Gasteiger partial charge in [-0.05, 0) is 68.1 Å². The van der Waals surface area contributed by atoms with Gasteiger partial charge in [0.2, 0.25) is 0 Å². The van der Waals surface area contributed by atoms with Gasteiger partial charge in [-0.15, -0.1) is 11.3 Å². The average molecular weight is 336 g/mol. The zero-order valence-electron chi connectivity index (χ0n) is 11.2. The van der Waals surface area contributed by atoms with E-state index in [2.05, 4.69) is 65.5 Å². The van der Waals surface area contributed by atoms with Crippen molar-refractivity contribution in [2.45, 2.75) is 25.8 Å². The number of halogens is 1. The van der Waals surface area contributed by atoms with E-state index in [-0.39, 0.29) is 0 Å². The minimum absolute atomic E-state index is 0.548. The van der Waals surface area contributed by atoms with E-state index in [1.54, 1.807) is 0 Å². The Bertz CT molecular complexity index is 566. The molecule has 1 saturated carbocycles. The van der Waals surface area contributed by atoms with Gasteiger partial charge in [-0.25, -0.2) is 0 Å². The molecule has 0 bridgehead atoms. The third-order valence-electron chi connectivity index (χ3n) is 3.66. The molecular formula is C16H18BrNS. The molecule has 1 aliphatic rings. The second-order valence-corrected chi connectivity index (χ2v) is 7.35. The lowest BCUT2D eigenvalue weighted by Crippen LogP contribution is -2.16. The number of nitrogens with one attached hydrogen (secondary N) is 1. The minimum atomic E-state index is 0.548. The second-order valence-electron chi connectivity index (χ2n) is 5.32. The van der Waals surface area contributed by atoms with Crippen LogP contribution in [0.2, 0.25) is 0 Å². The van der Waals surface area contributed by atoms with Gasteiger partial charge < -0.3 is 5.32 Å². The molecule has 0 spiro atoms. The zero-order chi connectivity index (χ0) is 13.4. The fourth-order valence-electron chi connectivity index (χ4n) is 2.59. The fraction of sp³-hybridized carbons (Fsp3) is 0.375. The lowest BCUT2D eigenvalue weighted by molar-refractivity contribution is 0.537. The summed E-state index contributed by atoms with van der Waals surface area (Å²) < 4.78 is 1.16. The summed E-state index contributed by atoms with van der Waals surface area (Å²) in [6, 6.07) is 11.7. The molecule has 0 amide bonds. The maximum absolute atomic E-state index is 3.59. The van der Waals surface area contributed by atoms with Gasteiger partial charge in [-0.1, -0.05) is 22.0 Å². The van der Waals surface area contributed by atoms with Crippen LogP contribution in [0.3, 0.4) is 0 Å². The predicted molar refractivity (Wildman–Crippen MR) is 86.7 cm³/mol. The Morgan fingerprint density at radius 2 is 2.05 bits per heavy atom. The summed E-state index contributed by atoms with van der Waals surface area (Å²) in [5.41, 5.74) is 2.61. The van der Waals surface area contributed by atoms with Gasteiger partial charge in [0.1, 0.15) is 0 Å². The molecule has 1 aliphatic carbocycles. The van der Waals surface area contributed by atoms with Crippen molar-refractivity contribution < 1.29 is 0 Å². The number of hydrogen-bond acceptors (Lipinski definition) is 2. The first-order valence-corrected chi connectivity index (χ1v) is 8.33. The molecule has 3 heteroatoms. The molecule has 0 saturated heterocycles. The Hall–Kier alpha value is -0.640. The van der Waals surface area contributed by atoms with Crippen molar-refractivity contribution in [3.8, 4) is 10.4 Å². The standard InChI is InChI=1S/C16H18BrNS/c1-10-7-12(9-13(17)8-10)14-5-6-15(19-14)16(18-2)11-3-4-11/h5-9,11,16,18H,3-4H2,1-2H3. The Kier molecular flexibility index (Phi) is 3.79. The highest BCUT2D eigenvalue weighted by Crippen LogP contribution is 2.44. The maximum Gasteiger partial charge on any atom is 0.0441 e. The first-order valence-electron chi connectivity index (χ1n) is 6.72. The van der Waals surface area contributed by atoms with E-state index in [1.807, 2.05) is 11.3 Å². The summed E-state index contributed by atoms with van der Waals surface area (Å²) in [7, 11) is 2.08. The van der Waals surface area contributed by atoms with E-state index < -0.39 is 0 Å². The highest BCUT2D eigenvalue weighted by molar-refractivity contribution is 9.10. The monoisotopic (exact) mass is 335 g/mol. The third-order valence-corrected chi connectivity index (χ3v) is 5.34. The van der Waals surface area contributed by atoms with Crippen molar-refractivity contribution >= 4 is 27.3 Å². The van der Waals surface area contributed by atoms with Crippen LogP contribution in [-0.4, -0.2) is 7.05 Å². The van der Waals surface area contributed by atoms with Gasteiger partial charge in [-0.2, -0.15) is 0 Å². The minimum Gasteiger partial charge on any atom is -0.312 e. The van der Waals surface area contributed by atoms with Crippen molar-refractivity contribution in [2.24, 2.45) is 5.92 Å². The maximum atomic E-state index is 3.59. The van der Waals surface area contributed by atoms with Crippen molar-refractivity contribution in [2.75, 3.05) is 7.05 Å². The van der Waals surface area contributed by atoms with Crippen LogP contribution in [0, 0.1) is 12.8 Å². The lowest BCUT2D eigenvalue weighted by Gasteiger charge is -2.12. The number of aryl methyl sites for hydroxylation is 1. The molecule has 1 heterocycles. The van der Waals surface area contributed by atoms with Gasteiger partial charge in [0.25, 0.3) is 0 Å². The van der Waals surface area contributed by atoms with Gasteiger partial charge in [0.05, 0.1) is 0 Å². The smallest absolute Gasteiger partial charge is 0.0441 e. The van der Waals surface area contributed by atoms with E-state index in [0.717, 1.165) is 10.4 Å². The summed E-state index contributed by atoms with van der Waals surface area (Å²) in [5, 5.41) is 3.47. The van der Waals surface area contributed by atoms with Crippen LogP contribution >= 0.6 is 27.3 Å². The Morgan fingerprint density at radius 1 is 1.26 bits per heavy atom. The predicted octanol–water partition coefficient (Wildman–Crippen LogP) is 5.16. The number of thiophene rings is 1. The first-order chi connectivity index (χ1) is 9.17. The molecule has 19 heavy (non-hydrogen) atoms. The molecule has 1 N–H and O–H groups in total. The Labute approximate surface area is 127 Å². The van der Waals surface area contributed by atoms with E-state index in [9.17, 15) is 0 Å². The normalized spacial score (nSPS) is 16.6. The third kappa shape index (κ3) is 2.93. The summed E-state index contributed by atoms with van der Waals surface area (Å²) in [6.45, 7) is 2.14. The number of benzene rings is 1. The summed E-state index contributed by atoms with van der Waals surface area (Å²) >= 11 is 5.51. The van der Waals surface area contributed by atoms with E-state index >= 15 is 0 Å². The Morgan fingerprint density at radius 3 is 2.68 bits per heavy atom.